The number of anilines is 2. The van der Waals surface area contributed by atoms with Crippen molar-refractivity contribution in [3.8, 4) is 5.75 Å². The van der Waals surface area contributed by atoms with Gasteiger partial charge in [-0.2, -0.15) is 5.10 Å². The fourth-order valence-corrected chi connectivity index (χ4v) is 1.80. The summed E-state index contributed by atoms with van der Waals surface area (Å²) in [7, 11) is 3.43. The SMILES string of the molecule is COc1c(NN)ncnc1NCc1cn(C)nc1C. The second-order valence-corrected chi connectivity index (χ2v) is 4.02. The van der Waals surface area contributed by atoms with E-state index in [2.05, 4.69) is 25.8 Å². The first-order valence-electron chi connectivity index (χ1n) is 5.74. The molecule has 2 aromatic rings. The molecule has 8 nitrogen and oxygen atoms in total. The van der Waals surface area contributed by atoms with E-state index in [4.69, 9.17) is 10.6 Å². The predicted octanol–water partition coefficient (Wildman–Crippen LogP) is 0.425. The van der Waals surface area contributed by atoms with E-state index in [-0.39, 0.29) is 0 Å². The van der Waals surface area contributed by atoms with Gasteiger partial charge in [0.1, 0.15) is 6.33 Å². The largest absolute Gasteiger partial charge is 0.490 e. The number of aromatic nitrogens is 4. The maximum absolute atomic E-state index is 5.37. The summed E-state index contributed by atoms with van der Waals surface area (Å²) < 4.78 is 7.01. The van der Waals surface area contributed by atoms with Gasteiger partial charge in [0, 0.05) is 25.4 Å². The van der Waals surface area contributed by atoms with Crippen LogP contribution in [0, 0.1) is 6.92 Å². The number of nitrogens with one attached hydrogen (secondary N) is 2. The van der Waals surface area contributed by atoms with Gasteiger partial charge in [0.25, 0.3) is 0 Å². The predicted molar refractivity (Wildman–Crippen MR) is 71.7 cm³/mol. The Morgan fingerprint density at radius 3 is 2.68 bits per heavy atom. The molecular formula is C11H17N7O. The Labute approximate surface area is 111 Å². The number of hydrogen-bond acceptors (Lipinski definition) is 7. The number of nitrogen functional groups attached to an aromatic ring is 1. The molecule has 0 saturated carbocycles. The molecule has 102 valence electrons. The Balaban J connectivity index is 2.17. The lowest BCUT2D eigenvalue weighted by atomic mass is 10.2. The van der Waals surface area contributed by atoms with Gasteiger partial charge in [-0.15, -0.1) is 0 Å². The number of methoxy groups -OCH3 is 1. The van der Waals surface area contributed by atoms with Gasteiger partial charge in [0.05, 0.1) is 12.8 Å². The van der Waals surface area contributed by atoms with Crippen molar-refractivity contribution in [3.63, 3.8) is 0 Å². The van der Waals surface area contributed by atoms with Crippen LogP contribution < -0.4 is 21.3 Å². The van der Waals surface area contributed by atoms with Crippen LogP contribution in [0.1, 0.15) is 11.3 Å². The lowest BCUT2D eigenvalue weighted by Gasteiger charge is -2.12. The van der Waals surface area contributed by atoms with Crippen LogP contribution in [0.15, 0.2) is 12.5 Å². The maximum Gasteiger partial charge on any atom is 0.205 e. The van der Waals surface area contributed by atoms with Crippen molar-refractivity contribution in [2.24, 2.45) is 12.9 Å². The number of hydrazine groups is 1. The van der Waals surface area contributed by atoms with Crippen molar-refractivity contribution >= 4 is 11.6 Å². The average molecular weight is 263 g/mol. The molecule has 0 bridgehead atoms. The van der Waals surface area contributed by atoms with Gasteiger partial charge in [-0.1, -0.05) is 0 Å². The molecule has 0 fully saturated rings. The fraction of sp³-hybridized carbons (Fsp3) is 0.364. The van der Waals surface area contributed by atoms with Crippen LogP contribution in [0.2, 0.25) is 0 Å². The standard InChI is InChI=1S/C11H17N7O/c1-7-8(5-18(2)17-7)4-13-10-9(19-3)11(16-12)15-6-14-10/h5-6H,4,12H2,1-3H3,(H2,13,14,15,16). The van der Waals surface area contributed by atoms with Gasteiger partial charge in [-0.25, -0.2) is 15.8 Å². The first kappa shape index (κ1) is 13.1. The Kier molecular flexibility index (Phi) is 3.81. The highest BCUT2D eigenvalue weighted by Gasteiger charge is 2.11. The number of ether oxygens (including phenoxy) is 1. The summed E-state index contributed by atoms with van der Waals surface area (Å²) in [6, 6.07) is 0. The lowest BCUT2D eigenvalue weighted by molar-refractivity contribution is 0.414. The summed E-state index contributed by atoms with van der Waals surface area (Å²) in [6.45, 7) is 2.55. The number of aryl methyl sites for hydroxylation is 2. The van der Waals surface area contributed by atoms with E-state index in [0.717, 1.165) is 11.3 Å². The molecular weight excluding hydrogens is 246 g/mol. The lowest BCUT2D eigenvalue weighted by Crippen LogP contribution is -2.12. The van der Waals surface area contributed by atoms with E-state index >= 15 is 0 Å². The molecule has 0 aromatic carbocycles. The van der Waals surface area contributed by atoms with Crippen molar-refractivity contribution in [3.05, 3.63) is 23.8 Å². The summed E-state index contributed by atoms with van der Waals surface area (Å²) >= 11 is 0. The van der Waals surface area contributed by atoms with E-state index in [1.807, 2.05) is 20.2 Å². The normalized spacial score (nSPS) is 10.3. The fourth-order valence-electron chi connectivity index (χ4n) is 1.80. The highest BCUT2D eigenvalue weighted by atomic mass is 16.5. The van der Waals surface area contributed by atoms with E-state index in [1.165, 1.54) is 6.33 Å². The zero-order chi connectivity index (χ0) is 13.8. The number of rotatable bonds is 5. The molecule has 0 radical (unpaired) electrons. The highest BCUT2D eigenvalue weighted by Crippen LogP contribution is 2.28. The van der Waals surface area contributed by atoms with Gasteiger partial charge >= 0.3 is 0 Å². The van der Waals surface area contributed by atoms with Gasteiger partial charge in [-0.05, 0) is 6.92 Å². The minimum Gasteiger partial charge on any atom is -0.490 e. The molecule has 2 rings (SSSR count). The molecule has 2 heterocycles. The molecule has 0 saturated heterocycles. The number of nitrogens with two attached hydrogens (primary N) is 1. The van der Waals surface area contributed by atoms with E-state index < -0.39 is 0 Å². The van der Waals surface area contributed by atoms with Crippen molar-refractivity contribution in [2.75, 3.05) is 17.9 Å². The Morgan fingerprint density at radius 1 is 1.37 bits per heavy atom. The van der Waals surface area contributed by atoms with Crippen LogP contribution >= 0.6 is 0 Å². The van der Waals surface area contributed by atoms with Gasteiger partial charge in [0.2, 0.25) is 5.75 Å². The summed E-state index contributed by atoms with van der Waals surface area (Å²) in [5, 5.41) is 7.46. The highest BCUT2D eigenvalue weighted by molar-refractivity contribution is 5.63. The smallest absolute Gasteiger partial charge is 0.205 e. The third kappa shape index (κ3) is 2.74. The van der Waals surface area contributed by atoms with Crippen LogP contribution in [-0.4, -0.2) is 26.9 Å². The van der Waals surface area contributed by atoms with Crippen molar-refractivity contribution in [1.29, 1.82) is 0 Å². The minimum atomic E-state index is 0.433. The van der Waals surface area contributed by atoms with Crippen LogP contribution in [-0.2, 0) is 13.6 Å². The molecule has 0 aliphatic rings. The number of nitrogens with zero attached hydrogens (tertiary/aromatic N) is 4. The molecule has 0 aliphatic carbocycles. The quantitative estimate of drug-likeness (QED) is 0.530. The van der Waals surface area contributed by atoms with Crippen molar-refractivity contribution < 1.29 is 4.74 Å². The second-order valence-electron chi connectivity index (χ2n) is 4.02. The monoisotopic (exact) mass is 263 g/mol. The van der Waals surface area contributed by atoms with E-state index in [1.54, 1.807) is 11.8 Å². The van der Waals surface area contributed by atoms with Crippen LogP contribution in [0.4, 0.5) is 11.6 Å². The first-order valence-corrected chi connectivity index (χ1v) is 5.74. The van der Waals surface area contributed by atoms with E-state index in [0.29, 0.717) is 23.9 Å². The van der Waals surface area contributed by atoms with Crippen molar-refractivity contribution in [2.45, 2.75) is 13.5 Å². The zero-order valence-corrected chi connectivity index (χ0v) is 11.1. The van der Waals surface area contributed by atoms with Crippen LogP contribution in [0.25, 0.3) is 0 Å². The molecule has 8 heteroatoms. The van der Waals surface area contributed by atoms with Crippen LogP contribution in [0.5, 0.6) is 5.75 Å². The molecule has 0 atom stereocenters. The third-order valence-corrected chi connectivity index (χ3v) is 2.71. The molecule has 0 aliphatic heterocycles. The second kappa shape index (κ2) is 5.53. The summed E-state index contributed by atoms with van der Waals surface area (Å²) in [4.78, 5) is 8.12. The molecule has 19 heavy (non-hydrogen) atoms. The summed E-state index contributed by atoms with van der Waals surface area (Å²) in [5.41, 5.74) is 4.53. The average Bonchev–Trinajstić information content (AvgIpc) is 2.73. The molecule has 4 N–H and O–H groups in total. The topological polar surface area (TPSA) is 103 Å². The van der Waals surface area contributed by atoms with Gasteiger partial charge in [-0.3, -0.25) is 4.68 Å². The molecule has 0 unspecified atom stereocenters. The summed E-state index contributed by atoms with van der Waals surface area (Å²) in [5.74, 6) is 6.86. The molecule has 0 amide bonds. The minimum absolute atomic E-state index is 0.433. The Hall–Kier alpha value is -2.35. The maximum atomic E-state index is 5.37. The van der Waals surface area contributed by atoms with Crippen LogP contribution in [0.3, 0.4) is 0 Å². The molecule has 2 aromatic heterocycles. The number of hydrogen-bond donors (Lipinski definition) is 3. The van der Waals surface area contributed by atoms with Gasteiger partial charge < -0.3 is 15.5 Å². The summed E-state index contributed by atoms with van der Waals surface area (Å²) in [6.07, 6.45) is 3.37. The Morgan fingerprint density at radius 2 is 2.11 bits per heavy atom. The van der Waals surface area contributed by atoms with E-state index in [9.17, 15) is 0 Å². The molecule has 0 spiro atoms. The Bertz CT molecular complexity index is 566. The van der Waals surface area contributed by atoms with Crippen molar-refractivity contribution in [1.82, 2.24) is 19.7 Å². The first-order chi connectivity index (χ1) is 9.15. The third-order valence-electron chi connectivity index (χ3n) is 2.71. The zero-order valence-electron chi connectivity index (χ0n) is 11.1. The van der Waals surface area contributed by atoms with Gasteiger partial charge in [0.15, 0.2) is 11.6 Å².